The molecule has 5 heteroatoms. The van der Waals surface area contributed by atoms with Gasteiger partial charge in [0.15, 0.2) is 0 Å². The van der Waals surface area contributed by atoms with Crippen molar-refractivity contribution in [3.63, 3.8) is 0 Å². The van der Waals surface area contributed by atoms with E-state index in [-0.39, 0.29) is 5.91 Å². The number of aromatic nitrogens is 1. The van der Waals surface area contributed by atoms with Crippen molar-refractivity contribution in [1.29, 1.82) is 0 Å². The third kappa shape index (κ3) is 3.26. The van der Waals surface area contributed by atoms with E-state index in [0.29, 0.717) is 17.8 Å². The molecular formula is C9H13N3OS. The molecule has 1 heterocycles. The normalized spacial score (nSPS) is 9.79. The van der Waals surface area contributed by atoms with Gasteiger partial charge in [-0.05, 0) is 12.3 Å². The number of thioether (sulfide) groups is 1. The summed E-state index contributed by atoms with van der Waals surface area (Å²) in [7, 11) is 0. The van der Waals surface area contributed by atoms with Crippen LogP contribution < -0.4 is 11.1 Å². The fraction of sp³-hybridized carbons (Fsp3) is 0.333. The molecule has 0 aromatic carbocycles. The molecule has 0 radical (unpaired) electrons. The Kier molecular flexibility index (Phi) is 4.25. The van der Waals surface area contributed by atoms with Crippen molar-refractivity contribution < 1.29 is 4.79 Å². The van der Waals surface area contributed by atoms with Crippen molar-refractivity contribution in [3.8, 4) is 0 Å². The molecule has 0 bridgehead atoms. The van der Waals surface area contributed by atoms with Gasteiger partial charge in [0.1, 0.15) is 0 Å². The molecule has 1 amide bonds. The van der Waals surface area contributed by atoms with Crippen LogP contribution in [-0.2, 0) is 4.79 Å². The average molecular weight is 211 g/mol. The monoisotopic (exact) mass is 211 g/mol. The van der Waals surface area contributed by atoms with Gasteiger partial charge in [0.05, 0.1) is 17.6 Å². The predicted octanol–water partition coefficient (Wildman–Crippen LogP) is 1.36. The van der Waals surface area contributed by atoms with E-state index in [2.05, 4.69) is 10.3 Å². The zero-order valence-corrected chi connectivity index (χ0v) is 8.80. The highest BCUT2D eigenvalue weighted by atomic mass is 32.2. The Morgan fingerprint density at radius 2 is 2.50 bits per heavy atom. The summed E-state index contributed by atoms with van der Waals surface area (Å²) >= 11 is 1.64. The number of nitrogens with two attached hydrogens (primary N) is 1. The van der Waals surface area contributed by atoms with Gasteiger partial charge in [0, 0.05) is 18.4 Å². The van der Waals surface area contributed by atoms with Gasteiger partial charge in [-0.25, -0.2) is 0 Å². The first-order valence-electron chi connectivity index (χ1n) is 4.22. The molecule has 1 rings (SSSR count). The Hall–Kier alpha value is -1.23. The van der Waals surface area contributed by atoms with Gasteiger partial charge < -0.3 is 11.1 Å². The molecule has 3 N–H and O–H groups in total. The van der Waals surface area contributed by atoms with Crippen LogP contribution in [0, 0.1) is 0 Å². The minimum absolute atomic E-state index is 0.0164. The second kappa shape index (κ2) is 5.49. The highest BCUT2D eigenvalue weighted by Gasteiger charge is 2.03. The minimum atomic E-state index is -0.0164. The number of rotatable bonds is 4. The van der Waals surface area contributed by atoms with E-state index >= 15 is 0 Å². The number of amides is 1. The van der Waals surface area contributed by atoms with Crippen molar-refractivity contribution in [3.05, 3.63) is 18.5 Å². The van der Waals surface area contributed by atoms with Crippen LogP contribution in [0.5, 0.6) is 0 Å². The number of pyridine rings is 1. The molecule has 0 fully saturated rings. The number of hydrogen-bond acceptors (Lipinski definition) is 4. The van der Waals surface area contributed by atoms with Crippen molar-refractivity contribution in [1.82, 2.24) is 4.98 Å². The third-order valence-electron chi connectivity index (χ3n) is 1.66. The first-order chi connectivity index (χ1) is 6.74. The molecule has 0 spiro atoms. The van der Waals surface area contributed by atoms with E-state index in [1.165, 1.54) is 6.20 Å². The Balaban J connectivity index is 2.52. The summed E-state index contributed by atoms with van der Waals surface area (Å²) in [4.78, 5) is 15.2. The van der Waals surface area contributed by atoms with Gasteiger partial charge in [-0.15, -0.1) is 0 Å². The number of carbonyl (C=O) groups excluding carboxylic acids is 1. The maximum absolute atomic E-state index is 11.3. The van der Waals surface area contributed by atoms with Crippen molar-refractivity contribution in [2.75, 3.05) is 23.1 Å². The molecule has 76 valence electrons. The van der Waals surface area contributed by atoms with Gasteiger partial charge in [0.2, 0.25) is 5.91 Å². The molecule has 0 aliphatic rings. The van der Waals surface area contributed by atoms with Crippen LogP contribution >= 0.6 is 11.8 Å². The minimum Gasteiger partial charge on any atom is -0.396 e. The second-order valence-corrected chi connectivity index (χ2v) is 3.74. The van der Waals surface area contributed by atoms with Crippen molar-refractivity contribution in [2.24, 2.45) is 0 Å². The molecule has 0 saturated heterocycles. The van der Waals surface area contributed by atoms with Gasteiger partial charge in [-0.1, -0.05) is 0 Å². The van der Waals surface area contributed by atoms with E-state index in [1.54, 1.807) is 24.0 Å². The summed E-state index contributed by atoms with van der Waals surface area (Å²) in [6.45, 7) is 0. The van der Waals surface area contributed by atoms with E-state index in [9.17, 15) is 4.79 Å². The van der Waals surface area contributed by atoms with Crippen LogP contribution in [0.1, 0.15) is 6.42 Å². The molecule has 1 aromatic rings. The summed E-state index contributed by atoms with van der Waals surface area (Å²) < 4.78 is 0. The highest BCUT2D eigenvalue weighted by molar-refractivity contribution is 7.98. The molecule has 0 saturated carbocycles. The van der Waals surface area contributed by atoms with Gasteiger partial charge in [-0.2, -0.15) is 11.8 Å². The summed E-state index contributed by atoms with van der Waals surface area (Å²) in [5.74, 6) is 0.800. The summed E-state index contributed by atoms with van der Waals surface area (Å²) in [5.41, 5.74) is 6.74. The lowest BCUT2D eigenvalue weighted by Crippen LogP contribution is -2.13. The van der Waals surface area contributed by atoms with Crippen LogP contribution in [0.15, 0.2) is 18.5 Å². The molecule has 0 unspecified atom stereocenters. The molecule has 14 heavy (non-hydrogen) atoms. The van der Waals surface area contributed by atoms with Crippen LogP contribution in [0.25, 0.3) is 0 Å². The number of nitrogens with zero attached hydrogens (tertiary/aromatic N) is 1. The third-order valence-corrected chi connectivity index (χ3v) is 2.27. The number of carbonyl (C=O) groups is 1. The lowest BCUT2D eigenvalue weighted by molar-refractivity contribution is -0.115. The van der Waals surface area contributed by atoms with Crippen molar-refractivity contribution in [2.45, 2.75) is 6.42 Å². The number of anilines is 2. The lowest BCUT2D eigenvalue weighted by Gasteiger charge is -2.06. The molecule has 0 aliphatic heterocycles. The highest BCUT2D eigenvalue weighted by Crippen LogP contribution is 2.15. The number of hydrogen-bond donors (Lipinski definition) is 2. The second-order valence-electron chi connectivity index (χ2n) is 2.75. The summed E-state index contributed by atoms with van der Waals surface area (Å²) in [6, 6.07) is 1.69. The average Bonchev–Trinajstić information content (AvgIpc) is 2.18. The number of nitrogens with one attached hydrogen (secondary N) is 1. The topological polar surface area (TPSA) is 68.0 Å². The van der Waals surface area contributed by atoms with Gasteiger partial charge >= 0.3 is 0 Å². The fourth-order valence-corrected chi connectivity index (χ4v) is 1.32. The quantitative estimate of drug-likeness (QED) is 0.789. The summed E-state index contributed by atoms with van der Waals surface area (Å²) in [6.07, 6.45) is 5.59. The first-order valence-corrected chi connectivity index (χ1v) is 5.61. The first kappa shape index (κ1) is 10.8. The fourth-order valence-electron chi connectivity index (χ4n) is 0.928. The van der Waals surface area contributed by atoms with Gasteiger partial charge in [-0.3, -0.25) is 9.78 Å². The molecule has 1 aromatic heterocycles. The van der Waals surface area contributed by atoms with Crippen LogP contribution in [-0.4, -0.2) is 22.9 Å². The Labute approximate surface area is 87.3 Å². The van der Waals surface area contributed by atoms with Crippen LogP contribution in [0.4, 0.5) is 11.4 Å². The maximum atomic E-state index is 11.3. The largest absolute Gasteiger partial charge is 0.396 e. The molecule has 4 nitrogen and oxygen atoms in total. The van der Waals surface area contributed by atoms with Crippen LogP contribution in [0.3, 0.4) is 0 Å². The van der Waals surface area contributed by atoms with Crippen molar-refractivity contribution >= 4 is 29.0 Å². The lowest BCUT2D eigenvalue weighted by atomic mass is 10.3. The summed E-state index contributed by atoms with van der Waals surface area (Å²) in [5, 5.41) is 2.73. The number of nitrogen functional groups attached to an aromatic ring is 1. The Morgan fingerprint density at radius 3 is 3.14 bits per heavy atom. The van der Waals surface area contributed by atoms with E-state index in [1.807, 2.05) is 6.26 Å². The molecular weight excluding hydrogens is 198 g/mol. The zero-order chi connectivity index (χ0) is 10.4. The van der Waals surface area contributed by atoms with Crippen LogP contribution in [0.2, 0.25) is 0 Å². The SMILES string of the molecule is CSCCC(=O)Nc1ccncc1N. The Bertz CT molecular complexity index is 317. The zero-order valence-electron chi connectivity index (χ0n) is 7.99. The Morgan fingerprint density at radius 1 is 1.71 bits per heavy atom. The molecule has 0 aliphatic carbocycles. The standard InChI is InChI=1S/C9H13N3OS/c1-14-5-3-9(13)12-8-2-4-11-6-7(8)10/h2,4,6H,3,5,10H2,1H3,(H,11,12,13). The van der Waals surface area contributed by atoms with Gasteiger partial charge in [0.25, 0.3) is 0 Å². The maximum Gasteiger partial charge on any atom is 0.225 e. The van der Waals surface area contributed by atoms with E-state index < -0.39 is 0 Å². The predicted molar refractivity (Wildman–Crippen MR) is 60.3 cm³/mol. The van der Waals surface area contributed by atoms with E-state index in [0.717, 1.165) is 5.75 Å². The smallest absolute Gasteiger partial charge is 0.225 e. The molecule has 0 atom stereocenters. The van der Waals surface area contributed by atoms with E-state index in [4.69, 9.17) is 5.73 Å².